The largest absolute Gasteiger partial charge is 0.485 e. The smallest absolute Gasteiger partial charge is 0.294 e. The maximum absolute atomic E-state index is 12.5. The number of hydrogen-bond donors (Lipinski definition) is 1. The molecular formula is C18H17N3O6. The summed E-state index contributed by atoms with van der Waals surface area (Å²) in [5.41, 5.74) is -0.181. The van der Waals surface area contributed by atoms with Crippen molar-refractivity contribution in [3.05, 3.63) is 73.7 Å². The molecule has 0 aliphatic carbocycles. The van der Waals surface area contributed by atoms with Crippen LogP contribution in [0.2, 0.25) is 0 Å². The van der Waals surface area contributed by atoms with Crippen LogP contribution in [0.5, 0.6) is 5.75 Å². The molecule has 2 heterocycles. The van der Waals surface area contributed by atoms with Gasteiger partial charge in [-0.3, -0.25) is 4.79 Å². The summed E-state index contributed by atoms with van der Waals surface area (Å²) in [5.74, 6) is 0.452. The first-order chi connectivity index (χ1) is 12.7. The van der Waals surface area contributed by atoms with Gasteiger partial charge in [0.25, 0.3) is 10.6 Å². The van der Waals surface area contributed by atoms with Crippen molar-refractivity contribution in [1.29, 1.82) is 5.26 Å². The Hall–Kier alpha value is -3.38. The molecule has 2 atom stereocenters. The molecule has 3 rings (SSSR count). The van der Waals surface area contributed by atoms with Crippen LogP contribution in [0, 0.1) is 21.4 Å². The van der Waals surface area contributed by atoms with Gasteiger partial charge in [0, 0.05) is 17.8 Å². The summed E-state index contributed by atoms with van der Waals surface area (Å²) in [6, 6.07) is 8.64. The second kappa shape index (κ2) is 6.74. The minimum atomic E-state index is -1.11. The Labute approximate surface area is 154 Å². The molecule has 2 aromatic rings. The average molecular weight is 371 g/mol. The third-order valence-corrected chi connectivity index (χ3v) is 4.48. The predicted molar refractivity (Wildman–Crippen MR) is 92.5 cm³/mol. The van der Waals surface area contributed by atoms with Gasteiger partial charge in [0.05, 0.1) is 17.7 Å². The lowest BCUT2D eigenvalue weighted by Crippen LogP contribution is -2.52. The van der Waals surface area contributed by atoms with Crippen LogP contribution in [0.1, 0.15) is 36.6 Å². The zero-order valence-corrected chi connectivity index (χ0v) is 14.7. The molecule has 1 aromatic carbocycles. The van der Waals surface area contributed by atoms with Crippen molar-refractivity contribution in [3.63, 3.8) is 0 Å². The topological polar surface area (TPSA) is 128 Å². The molecule has 0 unspecified atom stereocenters. The van der Waals surface area contributed by atoms with Crippen LogP contribution in [0.4, 0.5) is 0 Å². The summed E-state index contributed by atoms with van der Waals surface area (Å²) < 4.78 is 7.13. The molecule has 0 bridgehead atoms. The van der Waals surface area contributed by atoms with Gasteiger partial charge in [-0.1, -0.05) is 6.07 Å². The van der Waals surface area contributed by atoms with Gasteiger partial charge in [-0.2, -0.15) is 5.26 Å². The molecule has 1 aliphatic heterocycles. The van der Waals surface area contributed by atoms with Crippen LogP contribution in [0.3, 0.4) is 0 Å². The summed E-state index contributed by atoms with van der Waals surface area (Å²) in [6.07, 6.45) is 0.299. The first-order valence-corrected chi connectivity index (χ1v) is 8.12. The van der Waals surface area contributed by atoms with Gasteiger partial charge >= 0.3 is 0 Å². The fourth-order valence-electron chi connectivity index (χ4n) is 3.12. The Bertz CT molecular complexity index is 991. The fraction of sp³-hybridized carbons (Fsp3) is 0.333. The monoisotopic (exact) mass is 371 g/mol. The van der Waals surface area contributed by atoms with E-state index in [1.807, 2.05) is 6.07 Å². The summed E-state index contributed by atoms with van der Waals surface area (Å²) in [4.78, 5) is 27.3. The lowest BCUT2D eigenvalue weighted by atomic mass is 9.85. The number of fused-ring (bicyclic) bond motifs is 1. The van der Waals surface area contributed by atoms with E-state index in [2.05, 4.69) is 4.84 Å². The molecule has 0 fully saturated rings. The van der Waals surface area contributed by atoms with Crippen LogP contribution >= 0.6 is 0 Å². The zero-order chi connectivity index (χ0) is 19.8. The maximum Gasteiger partial charge on any atom is 0.294 e. The van der Waals surface area contributed by atoms with E-state index >= 15 is 0 Å². The second-order valence-electron chi connectivity index (χ2n) is 6.74. The molecule has 0 saturated heterocycles. The normalized spacial score (nSPS) is 20.1. The molecule has 27 heavy (non-hydrogen) atoms. The molecule has 140 valence electrons. The summed E-state index contributed by atoms with van der Waals surface area (Å²) in [6.45, 7) is 3.05. The number of aromatic nitrogens is 1. The molecule has 0 radical (unpaired) electrons. The highest BCUT2D eigenvalue weighted by Gasteiger charge is 2.44. The van der Waals surface area contributed by atoms with Crippen molar-refractivity contribution in [3.8, 4) is 11.8 Å². The van der Waals surface area contributed by atoms with Gasteiger partial charge in [0.15, 0.2) is 0 Å². The van der Waals surface area contributed by atoms with Gasteiger partial charge in [-0.05, 0) is 37.6 Å². The van der Waals surface area contributed by atoms with E-state index in [-0.39, 0.29) is 6.61 Å². The van der Waals surface area contributed by atoms with Crippen LogP contribution in [0.25, 0.3) is 0 Å². The van der Waals surface area contributed by atoms with Crippen LogP contribution in [-0.4, -0.2) is 26.5 Å². The van der Waals surface area contributed by atoms with Crippen LogP contribution in [-0.2, 0) is 11.4 Å². The molecule has 1 N–H and O–H groups in total. The van der Waals surface area contributed by atoms with Gasteiger partial charge in [-0.15, -0.1) is 10.1 Å². The molecule has 1 aromatic heterocycles. The first kappa shape index (κ1) is 18.4. The van der Waals surface area contributed by atoms with E-state index in [9.17, 15) is 25.3 Å². The molecule has 0 amide bonds. The third kappa shape index (κ3) is 3.47. The minimum absolute atomic E-state index is 0.332. The highest BCUT2D eigenvalue weighted by Crippen LogP contribution is 2.41. The van der Waals surface area contributed by atoms with E-state index in [4.69, 9.17) is 4.74 Å². The minimum Gasteiger partial charge on any atom is -0.485 e. The Morgan fingerprint density at radius 2 is 2.15 bits per heavy atom. The number of aliphatic hydroxyl groups is 1. The number of aliphatic hydroxyl groups excluding tert-OH is 1. The SMILES string of the molecule is CC1(C)Oc2ccc(C#N)cc2[C@@H](n2cc(CO[N+](=O)[O-])ccc2=O)[C@@H]1O. The second-order valence-corrected chi connectivity index (χ2v) is 6.74. The van der Waals surface area contributed by atoms with Crippen molar-refractivity contribution in [2.75, 3.05) is 0 Å². The number of hydrogen-bond acceptors (Lipinski definition) is 7. The van der Waals surface area contributed by atoms with Gasteiger partial charge in [-0.25, -0.2) is 0 Å². The summed E-state index contributed by atoms with van der Waals surface area (Å²) in [7, 11) is 0. The number of rotatable bonds is 4. The number of nitrogens with zero attached hydrogens (tertiary/aromatic N) is 3. The molecule has 1 aliphatic rings. The van der Waals surface area contributed by atoms with E-state index in [1.54, 1.807) is 32.0 Å². The average Bonchev–Trinajstić information content (AvgIpc) is 2.62. The van der Waals surface area contributed by atoms with E-state index < -0.39 is 28.4 Å². The first-order valence-electron chi connectivity index (χ1n) is 8.12. The van der Waals surface area contributed by atoms with Crippen molar-refractivity contribution >= 4 is 0 Å². The Morgan fingerprint density at radius 3 is 2.81 bits per heavy atom. The third-order valence-electron chi connectivity index (χ3n) is 4.48. The summed E-state index contributed by atoms with van der Waals surface area (Å²) >= 11 is 0. The van der Waals surface area contributed by atoms with Gasteiger partial charge < -0.3 is 19.2 Å². The Kier molecular flexibility index (Phi) is 4.59. The standard InChI is InChI=1S/C18H17N3O6/c1-18(2)17(23)16(13-7-11(8-19)3-5-14(13)27-18)20-9-12(4-6-15(20)22)10-26-21(24)25/h3-7,9,16-17,23H,10H2,1-2H3/t16-,17+/m1/s1. The van der Waals surface area contributed by atoms with Crippen molar-refractivity contribution < 1.29 is 19.8 Å². The lowest BCUT2D eigenvalue weighted by molar-refractivity contribution is -0.763. The molecule has 9 heteroatoms. The summed E-state index contributed by atoms with van der Waals surface area (Å²) in [5, 5.41) is 29.6. The molecule has 9 nitrogen and oxygen atoms in total. The Balaban J connectivity index is 2.15. The molecule has 0 spiro atoms. The van der Waals surface area contributed by atoms with Crippen LogP contribution in [0.15, 0.2) is 41.3 Å². The number of pyridine rings is 1. The van der Waals surface area contributed by atoms with Crippen molar-refractivity contribution in [2.45, 2.75) is 38.2 Å². The lowest BCUT2D eigenvalue weighted by Gasteiger charge is -2.42. The predicted octanol–water partition coefficient (Wildman–Crippen LogP) is 1.55. The van der Waals surface area contributed by atoms with E-state index in [1.165, 1.54) is 22.9 Å². The maximum atomic E-state index is 12.5. The zero-order valence-electron chi connectivity index (χ0n) is 14.7. The Morgan fingerprint density at radius 1 is 1.41 bits per heavy atom. The van der Waals surface area contributed by atoms with Gasteiger partial charge in [0.1, 0.15) is 24.1 Å². The van der Waals surface area contributed by atoms with Crippen LogP contribution < -0.4 is 10.3 Å². The molecule has 0 saturated carbocycles. The quantitative estimate of drug-likeness (QED) is 0.638. The molecular weight excluding hydrogens is 354 g/mol. The highest BCUT2D eigenvalue weighted by molar-refractivity contribution is 5.46. The highest BCUT2D eigenvalue weighted by atomic mass is 16.9. The number of benzene rings is 1. The number of nitriles is 1. The van der Waals surface area contributed by atoms with Crippen molar-refractivity contribution in [2.24, 2.45) is 0 Å². The van der Waals surface area contributed by atoms with E-state index in [0.29, 0.717) is 22.4 Å². The fourth-order valence-corrected chi connectivity index (χ4v) is 3.12. The number of ether oxygens (including phenoxy) is 1. The van der Waals surface area contributed by atoms with Gasteiger partial charge in [0.2, 0.25) is 0 Å². The van der Waals surface area contributed by atoms with E-state index in [0.717, 1.165) is 0 Å². The van der Waals surface area contributed by atoms with Crippen molar-refractivity contribution in [1.82, 2.24) is 4.57 Å².